The van der Waals surface area contributed by atoms with Gasteiger partial charge in [-0.05, 0) is 18.2 Å². The van der Waals surface area contributed by atoms with Crippen LogP contribution in [0.1, 0.15) is 16.1 Å². The van der Waals surface area contributed by atoms with E-state index < -0.39 is 21.8 Å². The average molecular weight is 427 g/mol. The number of morpholine rings is 1. The van der Waals surface area contributed by atoms with Crippen LogP contribution in [0.3, 0.4) is 0 Å². The topological polar surface area (TPSA) is 59.5 Å². The summed E-state index contributed by atoms with van der Waals surface area (Å²) in [5.41, 5.74) is -0.662. The van der Waals surface area contributed by atoms with Crippen molar-refractivity contribution in [3.8, 4) is 0 Å². The van der Waals surface area contributed by atoms with Crippen LogP contribution in [0.5, 0.6) is 0 Å². The maximum atomic E-state index is 12.7. The molecule has 0 bridgehead atoms. The lowest BCUT2D eigenvalue weighted by atomic mass is 10.2. The summed E-state index contributed by atoms with van der Waals surface area (Å²) in [6, 6.07) is 3.93. The lowest BCUT2D eigenvalue weighted by Gasteiger charge is -2.25. The second-order valence-electron chi connectivity index (χ2n) is 5.56. The summed E-state index contributed by atoms with van der Waals surface area (Å²) < 4.78 is 69.9. The van der Waals surface area contributed by atoms with Gasteiger partial charge in [0.1, 0.15) is 4.21 Å². The second kappa shape index (κ2) is 7.43. The van der Waals surface area contributed by atoms with Gasteiger partial charge < -0.3 is 4.74 Å². The van der Waals surface area contributed by atoms with Crippen molar-refractivity contribution in [1.82, 2.24) is 9.29 Å². The number of ether oxygens (including phenoxy) is 1. The highest BCUT2D eigenvalue weighted by Gasteiger charge is 2.32. The number of pyridine rings is 1. The monoisotopic (exact) mass is 426 g/mol. The Hall–Kier alpha value is -1.20. The third-order valence-corrected chi connectivity index (χ3v) is 7.57. The molecule has 142 valence electrons. The molecular weight excluding hydrogens is 413 g/mol. The first-order chi connectivity index (χ1) is 12.2. The van der Waals surface area contributed by atoms with Gasteiger partial charge >= 0.3 is 6.18 Å². The molecule has 2 aromatic rings. The van der Waals surface area contributed by atoms with Crippen molar-refractivity contribution in [3.05, 3.63) is 45.6 Å². The van der Waals surface area contributed by atoms with Gasteiger partial charge in [0.25, 0.3) is 10.0 Å². The molecule has 5 nitrogen and oxygen atoms in total. The fraction of sp³-hybridized carbons (Fsp3) is 0.400. The van der Waals surface area contributed by atoms with Gasteiger partial charge in [0.15, 0.2) is 0 Å². The van der Waals surface area contributed by atoms with Crippen LogP contribution in [-0.2, 0) is 27.4 Å². The molecule has 1 fully saturated rings. The quantitative estimate of drug-likeness (QED) is 0.751. The lowest BCUT2D eigenvalue weighted by molar-refractivity contribution is -0.137. The Morgan fingerprint density at radius 1 is 1.27 bits per heavy atom. The van der Waals surface area contributed by atoms with Crippen LogP contribution in [0.15, 0.2) is 28.6 Å². The molecule has 0 aromatic carbocycles. The maximum absolute atomic E-state index is 12.7. The van der Waals surface area contributed by atoms with E-state index in [0.29, 0.717) is 31.2 Å². The van der Waals surface area contributed by atoms with E-state index >= 15 is 0 Å². The van der Waals surface area contributed by atoms with E-state index in [1.165, 1.54) is 10.4 Å². The zero-order valence-corrected chi connectivity index (χ0v) is 15.7. The molecular formula is C15H14ClF3N2O3S2. The number of halogens is 4. The zero-order chi connectivity index (χ0) is 18.9. The van der Waals surface area contributed by atoms with E-state index in [4.69, 9.17) is 16.3 Å². The van der Waals surface area contributed by atoms with E-state index in [9.17, 15) is 21.6 Å². The third-order valence-electron chi connectivity index (χ3n) is 3.79. The molecule has 0 unspecified atom stereocenters. The van der Waals surface area contributed by atoms with Gasteiger partial charge in [0.2, 0.25) is 0 Å². The fourth-order valence-corrected chi connectivity index (χ4v) is 5.58. The van der Waals surface area contributed by atoms with E-state index in [-0.39, 0.29) is 21.3 Å². The Labute approximate surface area is 157 Å². The SMILES string of the molecule is O=S(=O)(c1ccc(Cc2ncc(C(F)(F)F)cc2Cl)s1)N1CCOCC1. The zero-order valence-electron chi connectivity index (χ0n) is 13.3. The predicted octanol–water partition coefficient (Wildman–Crippen LogP) is 3.43. The van der Waals surface area contributed by atoms with Crippen LogP contribution in [0.25, 0.3) is 0 Å². The molecule has 0 aliphatic carbocycles. The fourth-order valence-electron chi connectivity index (χ4n) is 2.42. The van der Waals surface area contributed by atoms with Gasteiger partial charge in [-0.1, -0.05) is 11.6 Å². The number of hydrogen-bond donors (Lipinski definition) is 0. The minimum absolute atomic E-state index is 0.106. The highest BCUT2D eigenvalue weighted by molar-refractivity contribution is 7.91. The highest BCUT2D eigenvalue weighted by Crippen LogP contribution is 2.33. The Morgan fingerprint density at radius 2 is 1.96 bits per heavy atom. The molecule has 0 spiro atoms. The van der Waals surface area contributed by atoms with Crippen LogP contribution in [0.4, 0.5) is 13.2 Å². The number of rotatable bonds is 4. The van der Waals surface area contributed by atoms with Crippen molar-refractivity contribution in [2.75, 3.05) is 26.3 Å². The van der Waals surface area contributed by atoms with E-state index in [1.807, 2.05) is 0 Å². The Kier molecular flexibility index (Phi) is 5.59. The molecule has 0 radical (unpaired) electrons. The van der Waals surface area contributed by atoms with Gasteiger partial charge in [-0.15, -0.1) is 11.3 Å². The number of nitrogens with zero attached hydrogens (tertiary/aromatic N) is 2. The standard InChI is InChI=1S/C15H14ClF3N2O3S2/c16-12-7-10(15(17,18)19)9-20-13(12)8-11-1-2-14(25-11)26(22,23)21-3-5-24-6-4-21/h1-2,7,9H,3-6,8H2. The molecule has 3 heterocycles. The number of sulfonamides is 1. The largest absolute Gasteiger partial charge is 0.417 e. The van der Waals surface area contributed by atoms with E-state index in [2.05, 4.69) is 4.98 Å². The summed E-state index contributed by atoms with van der Waals surface area (Å²) >= 11 is 6.96. The molecule has 1 aliphatic rings. The van der Waals surface area contributed by atoms with Crippen LogP contribution in [-0.4, -0.2) is 44.0 Å². The molecule has 1 saturated heterocycles. The Bertz CT molecular complexity index is 894. The van der Waals surface area contributed by atoms with Crippen molar-refractivity contribution < 1.29 is 26.3 Å². The first-order valence-corrected chi connectivity index (χ1v) is 10.2. The van der Waals surface area contributed by atoms with Gasteiger partial charge in [-0.2, -0.15) is 17.5 Å². The average Bonchev–Trinajstić information content (AvgIpc) is 3.06. The summed E-state index contributed by atoms with van der Waals surface area (Å²) in [7, 11) is -3.60. The van der Waals surface area contributed by atoms with E-state index in [0.717, 1.165) is 23.6 Å². The molecule has 11 heteroatoms. The van der Waals surface area contributed by atoms with Crippen LogP contribution in [0, 0.1) is 0 Å². The molecule has 2 aromatic heterocycles. The van der Waals surface area contributed by atoms with Gasteiger partial charge in [0, 0.05) is 30.6 Å². The van der Waals surface area contributed by atoms with Crippen molar-refractivity contribution in [2.45, 2.75) is 16.8 Å². The number of alkyl halides is 3. The first kappa shape index (κ1) is 19.6. The summed E-state index contributed by atoms with van der Waals surface area (Å²) in [6.45, 7) is 1.29. The van der Waals surface area contributed by atoms with Crippen LogP contribution >= 0.6 is 22.9 Å². The smallest absolute Gasteiger partial charge is 0.379 e. The summed E-state index contributed by atoms with van der Waals surface area (Å²) in [5, 5.41) is -0.106. The molecule has 0 atom stereocenters. The third kappa shape index (κ3) is 4.20. The number of aromatic nitrogens is 1. The van der Waals surface area contributed by atoms with Gasteiger partial charge in [-0.25, -0.2) is 8.42 Å². The van der Waals surface area contributed by atoms with Gasteiger partial charge in [0.05, 0.1) is 29.5 Å². The number of thiophene rings is 1. The number of hydrogen-bond acceptors (Lipinski definition) is 5. The summed E-state index contributed by atoms with van der Waals surface area (Å²) in [5.74, 6) is 0. The minimum Gasteiger partial charge on any atom is -0.379 e. The highest BCUT2D eigenvalue weighted by atomic mass is 35.5. The predicted molar refractivity (Wildman–Crippen MR) is 91.0 cm³/mol. The van der Waals surface area contributed by atoms with Crippen LogP contribution < -0.4 is 0 Å². The Morgan fingerprint density at radius 3 is 2.58 bits per heavy atom. The normalized spacial score (nSPS) is 16.8. The first-order valence-electron chi connectivity index (χ1n) is 7.56. The van der Waals surface area contributed by atoms with Crippen molar-refractivity contribution >= 4 is 33.0 Å². The maximum Gasteiger partial charge on any atom is 0.417 e. The second-order valence-corrected chi connectivity index (χ2v) is 9.30. The summed E-state index contributed by atoms with van der Waals surface area (Å²) in [6.07, 6.45) is -3.64. The van der Waals surface area contributed by atoms with E-state index in [1.54, 1.807) is 6.07 Å². The minimum atomic E-state index is -4.52. The van der Waals surface area contributed by atoms with Gasteiger partial charge in [-0.3, -0.25) is 4.98 Å². The molecule has 0 N–H and O–H groups in total. The lowest BCUT2D eigenvalue weighted by Crippen LogP contribution is -2.40. The molecule has 1 aliphatic heterocycles. The van der Waals surface area contributed by atoms with Crippen LogP contribution in [0.2, 0.25) is 5.02 Å². The molecule has 0 saturated carbocycles. The molecule has 26 heavy (non-hydrogen) atoms. The van der Waals surface area contributed by atoms with Crippen molar-refractivity contribution in [2.24, 2.45) is 0 Å². The Balaban J connectivity index is 1.78. The van der Waals surface area contributed by atoms with Crippen molar-refractivity contribution in [3.63, 3.8) is 0 Å². The summed E-state index contributed by atoms with van der Waals surface area (Å²) in [4.78, 5) is 4.42. The molecule has 3 rings (SSSR count). The van der Waals surface area contributed by atoms with Crippen molar-refractivity contribution in [1.29, 1.82) is 0 Å². The molecule has 0 amide bonds.